The zero-order chi connectivity index (χ0) is 22.3. The lowest BCUT2D eigenvalue weighted by Crippen LogP contribution is -2.42. The summed E-state index contributed by atoms with van der Waals surface area (Å²) in [6.07, 6.45) is 3.23. The molecule has 0 unspecified atom stereocenters. The van der Waals surface area contributed by atoms with Gasteiger partial charge in [0, 0.05) is 26.1 Å². The minimum absolute atomic E-state index is 0.0254. The van der Waals surface area contributed by atoms with Gasteiger partial charge in [0.15, 0.2) is 0 Å². The number of carbonyl (C=O) groups excluding carboxylic acids is 2. The smallest absolute Gasteiger partial charge is 0.246 e. The maximum atomic E-state index is 12.8. The Morgan fingerprint density at radius 1 is 1.12 bits per heavy atom. The number of nitrogens with zero attached hydrogens (tertiary/aromatic N) is 4. The van der Waals surface area contributed by atoms with Gasteiger partial charge in [-0.2, -0.15) is 15.0 Å². The molecule has 1 N–H and O–H groups in total. The van der Waals surface area contributed by atoms with Crippen molar-refractivity contribution < 1.29 is 14.3 Å². The van der Waals surface area contributed by atoms with Crippen LogP contribution in [0.1, 0.15) is 31.2 Å². The molecule has 1 aliphatic rings. The molecule has 1 fully saturated rings. The first kappa shape index (κ1) is 21.8. The third kappa shape index (κ3) is 5.63. The minimum atomic E-state index is 0.0254. The van der Waals surface area contributed by atoms with Crippen molar-refractivity contribution in [1.29, 1.82) is 0 Å². The maximum Gasteiger partial charge on any atom is 0.246 e. The zero-order valence-electron chi connectivity index (χ0n) is 18.4. The van der Waals surface area contributed by atoms with Crippen LogP contribution in [0.4, 0.5) is 0 Å². The number of benzene rings is 2. The van der Waals surface area contributed by atoms with E-state index < -0.39 is 0 Å². The second-order valence-electron chi connectivity index (χ2n) is 8.23. The zero-order valence-corrected chi connectivity index (χ0v) is 18.4. The fourth-order valence-electron chi connectivity index (χ4n) is 4.13. The summed E-state index contributed by atoms with van der Waals surface area (Å²) in [6.45, 7) is 2.06. The number of methoxy groups -OCH3 is 1. The Balaban J connectivity index is 1.22. The lowest BCUT2D eigenvalue weighted by molar-refractivity contribution is -0.134. The topological polar surface area (TPSA) is 89.4 Å². The molecule has 1 saturated heterocycles. The number of ether oxygens (including phenoxy) is 1. The highest BCUT2D eigenvalue weighted by Gasteiger charge is 2.24. The fourth-order valence-corrected chi connectivity index (χ4v) is 4.13. The molecule has 0 spiro atoms. The average molecular weight is 436 g/mol. The molecule has 4 rings (SSSR count). The summed E-state index contributed by atoms with van der Waals surface area (Å²) in [4.78, 5) is 28.4. The highest BCUT2D eigenvalue weighted by Crippen LogP contribution is 2.21. The Hall–Kier alpha value is -3.42. The third-order valence-electron chi connectivity index (χ3n) is 5.88. The van der Waals surface area contributed by atoms with Crippen molar-refractivity contribution >= 4 is 22.8 Å². The summed E-state index contributed by atoms with van der Waals surface area (Å²) >= 11 is 0. The highest BCUT2D eigenvalue weighted by atomic mass is 16.5. The van der Waals surface area contributed by atoms with Crippen LogP contribution in [0.2, 0.25) is 0 Å². The number of amides is 2. The van der Waals surface area contributed by atoms with Crippen molar-refractivity contribution in [2.45, 2.75) is 38.8 Å². The van der Waals surface area contributed by atoms with Crippen LogP contribution in [0.5, 0.6) is 5.75 Å². The van der Waals surface area contributed by atoms with E-state index in [2.05, 4.69) is 15.5 Å². The molecular formula is C24H29N5O3. The van der Waals surface area contributed by atoms with E-state index in [4.69, 9.17) is 4.74 Å². The predicted octanol–water partition coefficient (Wildman–Crippen LogP) is 2.78. The number of fused-ring (bicyclic) bond motifs is 1. The van der Waals surface area contributed by atoms with E-state index in [-0.39, 0.29) is 18.4 Å². The number of rotatable bonds is 8. The van der Waals surface area contributed by atoms with Crippen molar-refractivity contribution in [2.24, 2.45) is 5.92 Å². The number of piperidine rings is 1. The van der Waals surface area contributed by atoms with E-state index in [1.54, 1.807) is 7.11 Å². The molecule has 0 radical (unpaired) electrons. The van der Waals surface area contributed by atoms with Gasteiger partial charge in [0.2, 0.25) is 11.8 Å². The minimum Gasteiger partial charge on any atom is -0.497 e. The third-order valence-corrected chi connectivity index (χ3v) is 5.88. The Labute approximate surface area is 187 Å². The number of hydrogen-bond donors (Lipinski definition) is 1. The average Bonchev–Trinajstić information content (AvgIpc) is 3.24. The molecule has 0 saturated carbocycles. The Morgan fingerprint density at radius 2 is 1.91 bits per heavy atom. The van der Waals surface area contributed by atoms with Gasteiger partial charge in [-0.3, -0.25) is 9.59 Å². The SMILES string of the molecule is COc1cccc(CNC(=O)CC[C@H]2CCCN(C(=O)Cn3nc4ccccc4n3)C2)c1. The van der Waals surface area contributed by atoms with Crippen molar-refractivity contribution in [3.8, 4) is 5.75 Å². The molecule has 3 aromatic rings. The van der Waals surface area contributed by atoms with E-state index in [1.165, 1.54) is 4.80 Å². The highest BCUT2D eigenvalue weighted by molar-refractivity contribution is 5.77. The van der Waals surface area contributed by atoms with Gasteiger partial charge in [0.1, 0.15) is 23.3 Å². The van der Waals surface area contributed by atoms with Crippen LogP contribution in [0, 0.1) is 5.92 Å². The van der Waals surface area contributed by atoms with Gasteiger partial charge >= 0.3 is 0 Å². The molecule has 1 aromatic heterocycles. The van der Waals surface area contributed by atoms with Crippen LogP contribution < -0.4 is 10.1 Å². The van der Waals surface area contributed by atoms with Crippen molar-refractivity contribution in [3.05, 3.63) is 54.1 Å². The van der Waals surface area contributed by atoms with Crippen molar-refractivity contribution in [2.75, 3.05) is 20.2 Å². The van der Waals surface area contributed by atoms with Crippen LogP contribution in [0.25, 0.3) is 11.0 Å². The largest absolute Gasteiger partial charge is 0.497 e. The van der Waals surface area contributed by atoms with Crippen molar-refractivity contribution in [3.63, 3.8) is 0 Å². The first-order chi connectivity index (χ1) is 15.6. The standard InChI is InChI=1S/C24H29N5O3/c1-32-20-8-4-6-19(14-20)15-25-23(30)12-11-18-7-5-13-28(16-18)24(31)17-29-26-21-9-2-3-10-22(21)27-29/h2-4,6,8-10,14,18H,5,7,11-13,15-17H2,1H3,(H,25,30)/t18-/m1/s1. The normalized spacial score (nSPS) is 16.2. The molecule has 8 heteroatoms. The summed E-state index contributed by atoms with van der Waals surface area (Å²) in [7, 11) is 1.63. The molecule has 2 aromatic carbocycles. The van der Waals surface area contributed by atoms with Gasteiger partial charge in [0.25, 0.3) is 0 Å². The van der Waals surface area contributed by atoms with E-state index in [1.807, 2.05) is 53.4 Å². The maximum absolute atomic E-state index is 12.8. The van der Waals surface area contributed by atoms with E-state index in [0.29, 0.717) is 25.4 Å². The van der Waals surface area contributed by atoms with E-state index >= 15 is 0 Å². The van der Waals surface area contributed by atoms with Crippen LogP contribution in [0.3, 0.4) is 0 Å². The quantitative estimate of drug-likeness (QED) is 0.588. The molecule has 2 heterocycles. The number of nitrogens with one attached hydrogen (secondary N) is 1. The lowest BCUT2D eigenvalue weighted by atomic mass is 9.93. The molecule has 168 valence electrons. The van der Waals surface area contributed by atoms with Gasteiger partial charge in [-0.05, 0) is 55.0 Å². The Morgan fingerprint density at radius 3 is 2.66 bits per heavy atom. The summed E-state index contributed by atoms with van der Waals surface area (Å²) in [5.74, 6) is 1.17. The summed E-state index contributed by atoms with van der Waals surface area (Å²) in [5.41, 5.74) is 2.58. The van der Waals surface area contributed by atoms with Gasteiger partial charge in [-0.25, -0.2) is 0 Å². The van der Waals surface area contributed by atoms with Gasteiger partial charge in [-0.1, -0.05) is 24.3 Å². The first-order valence-corrected chi connectivity index (χ1v) is 11.1. The van der Waals surface area contributed by atoms with Crippen molar-refractivity contribution in [1.82, 2.24) is 25.2 Å². The van der Waals surface area contributed by atoms with Crippen LogP contribution in [0.15, 0.2) is 48.5 Å². The molecular weight excluding hydrogens is 406 g/mol. The number of carbonyl (C=O) groups is 2. The number of likely N-dealkylation sites (tertiary alicyclic amines) is 1. The molecule has 0 bridgehead atoms. The molecule has 32 heavy (non-hydrogen) atoms. The van der Waals surface area contributed by atoms with Crippen LogP contribution in [-0.4, -0.2) is 51.9 Å². The molecule has 1 aliphatic heterocycles. The van der Waals surface area contributed by atoms with E-state index in [9.17, 15) is 9.59 Å². The first-order valence-electron chi connectivity index (χ1n) is 11.1. The van der Waals surface area contributed by atoms with Crippen LogP contribution in [-0.2, 0) is 22.7 Å². The molecule has 0 aliphatic carbocycles. The van der Waals surface area contributed by atoms with Gasteiger partial charge in [-0.15, -0.1) is 0 Å². The van der Waals surface area contributed by atoms with Gasteiger partial charge in [0.05, 0.1) is 7.11 Å². The molecule has 1 atom stereocenters. The fraction of sp³-hybridized carbons (Fsp3) is 0.417. The van der Waals surface area contributed by atoms with Crippen LogP contribution >= 0.6 is 0 Å². The monoisotopic (exact) mass is 435 g/mol. The second kappa shape index (κ2) is 10.3. The van der Waals surface area contributed by atoms with Gasteiger partial charge < -0.3 is 15.0 Å². The Bertz CT molecular complexity index is 1050. The molecule has 2 amide bonds. The number of hydrogen-bond acceptors (Lipinski definition) is 5. The predicted molar refractivity (Wildman–Crippen MR) is 121 cm³/mol. The summed E-state index contributed by atoms with van der Waals surface area (Å²) < 4.78 is 5.22. The summed E-state index contributed by atoms with van der Waals surface area (Å²) in [5, 5.41) is 11.7. The Kier molecular flexibility index (Phi) is 6.99. The second-order valence-corrected chi connectivity index (χ2v) is 8.23. The molecule has 8 nitrogen and oxygen atoms in total. The summed E-state index contributed by atoms with van der Waals surface area (Å²) in [6, 6.07) is 15.3. The van der Waals surface area contributed by atoms with E-state index in [0.717, 1.165) is 48.2 Å². The number of aromatic nitrogens is 3. The lowest BCUT2D eigenvalue weighted by Gasteiger charge is -2.32.